The van der Waals surface area contributed by atoms with Crippen LogP contribution in [0.3, 0.4) is 0 Å². The van der Waals surface area contributed by atoms with E-state index in [1.807, 2.05) is 11.9 Å². The van der Waals surface area contributed by atoms with Gasteiger partial charge < -0.3 is 15.1 Å². The minimum atomic E-state index is 0. The van der Waals surface area contributed by atoms with Crippen LogP contribution >= 0.6 is 24.8 Å². The van der Waals surface area contributed by atoms with Gasteiger partial charge in [0.25, 0.3) is 0 Å². The Morgan fingerprint density at radius 1 is 1.39 bits per heavy atom. The molecule has 110 valence electrons. The van der Waals surface area contributed by atoms with Crippen molar-refractivity contribution in [2.75, 3.05) is 40.8 Å². The first-order chi connectivity index (χ1) is 7.65. The zero-order chi connectivity index (χ0) is 12.0. The Bertz CT molecular complexity index is 227. The Morgan fingerprint density at radius 2 is 2.06 bits per heavy atom. The summed E-state index contributed by atoms with van der Waals surface area (Å²) in [4.78, 5) is 16.2. The summed E-state index contributed by atoms with van der Waals surface area (Å²) in [5.74, 6) is 0.321. The van der Waals surface area contributed by atoms with Crippen molar-refractivity contribution in [2.45, 2.75) is 31.7 Å². The maximum Gasteiger partial charge on any atom is 0.222 e. The molecule has 1 heterocycles. The monoisotopic (exact) mass is 299 g/mol. The average Bonchev–Trinajstić information content (AvgIpc) is 2.29. The Hall–Kier alpha value is -0.0300. The average molecular weight is 300 g/mol. The van der Waals surface area contributed by atoms with E-state index in [2.05, 4.69) is 24.3 Å². The number of nitrogens with one attached hydrogen (secondary N) is 1. The number of carbonyl (C=O) groups excluding carboxylic acids is 1. The predicted octanol–water partition coefficient (Wildman–Crippen LogP) is 1.38. The summed E-state index contributed by atoms with van der Waals surface area (Å²) in [6, 6.07) is 0.544. The normalized spacial score (nSPS) is 19.1. The van der Waals surface area contributed by atoms with Crippen molar-refractivity contribution in [3.05, 3.63) is 0 Å². The fraction of sp³-hybridized carbons (Fsp3) is 0.917. The summed E-state index contributed by atoms with van der Waals surface area (Å²) in [7, 11) is 6.12. The minimum Gasteiger partial charge on any atom is -0.341 e. The van der Waals surface area contributed by atoms with Crippen LogP contribution in [0, 0.1) is 0 Å². The number of piperidine rings is 1. The summed E-state index contributed by atoms with van der Waals surface area (Å²) in [6.07, 6.45) is 3.98. The molecule has 18 heavy (non-hydrogen) atoms. The number of likely N-dealkylation sites (tertiary alicyclic amines) is 1. The molecular weight excluding hydrogens is 273 g/mol. The Morgan fingerprint density at radius 3 is 2.61 bits per heavy atom. The second-order valence-corrected chi connectivity index (χ2v) is 4.81. The van der Waals surface area contributed by atoms with Crippen LogP contribution in [0.1, 0.15) is 25.7 Å². The third-order valence-corrected chi connectivity index (χ3v) is 3.30. The molecule has 1 atom stereocenters. The molecular formula is C12H27Cl2N3O. The summed E-state index contributed by atoms with van der Waals surface area (Å²) >= 11 is 0. The lowest BCUT2D eigenvalue weighted by molar-refractivity contribution is -0.133. The third-order valence-electron chi connectivity index (χ3n) is 3.30. The molecule has 1 N–H and O–H groups in total. The van der Waals surface area contributed by atoms with E-state index < -0.39 is 0 Å². The molecule has 1 aliphatic heterocycles. The fourth-order valence-electron chi connectivity index (χ4n) is 2.18. The van der Waals surface area contributed by atoms with E-state index >= 15 is 0 Å². The Balaban J connectivity index is 0. The largest absolute Gasteiger partial charge is 0.341 e. The summed E-state index contributed by atoms with van der Waals surface area (Å²) in [5, 5.41) is 3.07. The smallest absolute Gasteiger partial charge is 0.222 e. The van der Waals surface area contributed by atoms with Crippen LogP contribution in [0.25, 0.3) is 0 Å². The van der Waals surface area contributed by atoms with E-state index in [0.717, 1.165) is 32.5 Å². The number of halogens is 2. The van der Waals surface area contributed by atoms with Gasteiger partial charge in [0.1, 0.15) is 0 Å². The van der Waals surface area contributed by atoms with Crippen molar-refractivity contribution in [1.82, 2.24) is 15.1 Å². The van der Waals surface area contributed by atoms with Gasteiger partial charge in [0, 0.05) is 25.6 Å². The van der Waals surface area contributed by atoms with E-state index in [4.69, 9.17) is 0 Å². The first kappa shape index (κ1) is 20.3. The molecule has 0 spiro atoms. The highest BCUT2D eigenvalue weighted by Gasteiger charge is 2.24. The van der Waals surface area contributed by atoms with Gasteiger partial charge in [-0.1, -0.05) is 0 Å². The van der Waals surface area contributed by atoms with Crippen LogP contribution in [0.15, 0.2) is 0 Å². The van der Waals surface area contributed by atoms with Crippen LogP contribution in [0.5, 0.6) is 0 Å². The van der Waals surface area contributed by atoms with Crippen molar-refractivity contribution in [3.63, 3.8) is 0 Å². The first-order valence-electron chi connectivity index (χ1n) is 6.24. The quantitative estimate of drug-likeness (QED) is 0.779. The fourth-order valence-corrected chi connectivity index (χ4v) is 2.18. The minimum absolute atomic E-state index is 0. The van der Waals surface area contributed by atoms with Crippen molar-refractivity contribution < 1.29 is 4.79 Å². The van der Waals surface area contributed by atoms with Crippen LogP contribution in [-0.4, -0.2) is 62.5 Å². The molecule has 1 amide bonds. The molecule has 4 nitrogen and oxygen atoms in total. The van der Waals surface area contributed by atoms with Gasteiger partial charge in [0.15, 0.2) is 0 Å². The van der Waals surface area contributed by atoms with Crippen molar-refractivity contribution in [1.29, 1.82) is 0 Å². The number of rotatable bonds is 5. The second kappa shape index (κ2) is 10.9. The van der Waals surface area contributed by atoms with Crippen LogP contribution in [0.2, 0.25) is 0 Å². The van der Waals surface area contributed by atoms with Crippen LogP contribution < -0.4 is 5.32 Å². The van der Waals surface area contributed by atoms with Crippen molar-refractivity contribution in [2.24, 2.45) is 0 Å². The molecule has 0 aromatic heterocycles. The zero-order valence-electron chi connectivity index (χ0n) is 11.6. The molecule has 1 unspecified atom stereocenters. The number of nitrogens with zero attached hydrogens (tertiary/aromatic N) is 2. The van der Waals surface area contributed by atoms with Gasteiger partial charge in [-0.25, -0.2) is 0 Å². The molecule has 0 radical (unpaired) electrons. The molecule has 1 saturated heterocycles. The topological polar surface area (TPSA) is 35.6 Å². The van der Waals surface area contributed by atoms with E-state index in [0.29, 0.717) is 18.4 Å². The van der Waals surface area contributed by atoms with Gasteiger partial charge in [0.05, 0.1) is 0 Å². The van der Waals surface area contributed by atoms with E-state index in [-0.39, 0.29) is 24.8 Å². The summed E-state index contributed by atoms with van der Waals surface area (Å²) in [6.45, 7) is 2.78. The van der Waals surface area contributed by atoms with Gasteiger partial charge in [0.2, 0.25) is 5.91 Å². The third kappa shape index (κ3) is 6.78. The molecule has 1 fully saturated rings. The predicted molar refractivity (Wildman–Crippen MR) is 80.9 cm³/mol. The molecule has 1 aliphatic rings. The molecule has 0 saturated carbocycles. The number of hydrogen-bond acceptors (Lipinski definition) is 3. The number of hydrogen-bond donors (Lipinski definition) is 1. The van der Waals surface area contributed by atoms with Gasteiger partial charge in [-0.2, -0.15) is 0 Å². The highest BCUT2D eigenvalue weighted by Crippen LogP contribution is 2.14. The second-order valence-electron chi connectivity index (χ2n) is 4.81. The lowest BCUT2D eigenvalue weighted by Crippen LogP contribution is -2.47. The van der Waals surface area contributed by atoms with E-state index in [1.165, 1.54) is 6.42 Å². The highest BCUT2D eigenvalue weighted by molar-refractivity contribution is 5.85. The van der Waals surface area contributed by atoms with Gasteiger partial charge >= 0.3 is 0 Å². The van der Waals surface area contributed by atoms with E-state index in [1.54, 1.807) is 0 Å². The molecule has 0 aromatic rings. The summed E-state index contributed by atoms with van der Waals surface area (Å²) < 4.78 is 0. The molecule has 6 heteroatoms. The Kier molecular flexibility index (Phi) is 12.2. The van der Waals surface area contributed by atoms with Crippen molar-refractivity contribution in [3.8, 4) is 0 Å². The molecule has 1 rings (SSSR count). The van der Waals surface area contributed by atoms with Gasteiger partial charge in [-0.05, 0) is 47.0 Å². The SMILES string of the molecule is CNCCCC(=O)N1CCCC(N(C)C)C1.Cl.Cl. The molecule has 0 aromatic carbocycles. The van der Waals surface area contributed by atoms with E-state index in [9.17, 15) is 4.79 Å². The number of carbonyl (C=O) groups is 1. The van der Waals surface area contributed by atoms with Gasteiger partial charge in [-0.15, -0.1) is 24.8 Å². The summed E-state index contributed by atoms with van der Waals surface area (Å²) in [5.41, 5.74) is 0. The van der Waals surface area contributed by atoms with Crippen LogP contribution in [0.4, 0.5) is 0 Å². The van der Waals surface area contributed by atoms with Crippen LogP contribution in [-0.2, 0) is 4.79 Å². The lowest BCUT2D eigenvalue weighted by Gasteiger charge is -2.36. The first-order valence-corrected chi connectivity index (χ1v) is 6.24. The highest BCUT2D eigenvalue weighted by atomic mass is 35.5. The van der Waals surface area contributed by atoms with Crippen molar-refractivity contribution >= 4 is 30.7 Å². The molecule has 0 bridgehead atoms. The van der Waals surface area contributed by atoms with Gasteiger partial charge in [-0.3, -0.25) is 4.79 Å². The standard InChI is InChI=1S/C12H25N3O.2ClH/c1-13-8-4-7-12(16)15-9-5-6-11(10-15)14(2)3;;/h11,13H,4-10H2,1-3H3;2*1H. The maximum atomic E-state index is 11.9. The Labute approximate surface area is 123 Å². The number of amides is 1. The zero-order valence-corrected chi connectivity index (χ0v) is 13.3. The molecule has 0 aliphatic carbocycles. The number of likely N-dealkylation sites (N-methyl/N-ethyl adjacent to an activating group) is 1. The lowest BCUT2D eigenvalue weighted by atomic mass is 10.0. The maximum absolute atomic E-state index is 11.9.